The van der Waals surface area contributed by atoms with Crippen LogP contribution in [0.25, 0.3) is 5.65 Å². The standard InChI is InChI=1S/C16H17N3OS/c1-12-4-5-15-18-13(11-19(15)10-12)6-7-17-16(20)9-14-3-2-8-21-14/h2-5,8,10-11H,6-7,9H2,1H3,(H,17,20). The molecule has 0 saturated carbocycles. The second kappa shape index (κ2) is 6.10. The van der Waals surface area contributed by atoms with Crippen LogP contribution in [0.1, 0.15) is 16.1 Å². The highest BCUT2D eigenvalue weighted by Crippen LogP contribution is 2.09. The number of nitrogens with zero attached hydrogens (tertiary/aromatic N) is 2. The van der Waals surface area contributed by atoms with Gasteiger partial charge in [0, 0.05) is 30.2 Å². The smallest absolute Gasteiger partial charge is 0.225 e. The molecule has 0 radical (unpaired) electrons. The Bertz CT molecular complexity index is 746. The monoisotopic (exact) mass is 299 g/mol. The van der Waals surface area contributed by atoms with E-state index in [1.807, 2.05) is 34.2 Å². The van der Waals surface area contributed by atoms with Crippen molar-refractivity contribution in [2.75, 3.05) is 6.54 Å². The molecule has 0 bridgehead atoms. The number of amides is 1. The number of pyridine rings is 1. The van der Waals surface area contributed by atoms with Gasteiger partial charge in [-0.1, -0.05) is 12.1 Å². The molecule has 3 aromatic heterocycles. The molecule has 108 valence electrons. The topological polar surface area (TPSA) is 46.4 Å². The summed E-state index contributed by atoms with van der Waals surface area (Å²) in [5, 5.41) is 4.93. The van der Waals surface area contributed by atoms with Crippen molar-refractivity contribution in [3.8, 4) is 0 Å². The molecule has 1 amide bonds. The Morgan fingerprint density at radius 2 is 2.24 bits per heavy atom. The molecule has 0 atom stereocenters. The Kier molecular flexibility index (Phi) is 4.01. The maximum absolute atomic E-state index is 11.8. The van der Waals surface area contributed by atoms with E-state index in [1.165, 1.54) is 5.56 Å². The van der Waals surface area contributed by atoms with Gasteiger partial charge in [-0.05, 0) is 30.0 Å². The molecule has 0 aliphatic rings. The van der Waals surface area contributed by atoms with Gasteiger partial charge in [-0.2, -0.15) is 0 Å². The molecule has 21 heavy (non-hydrogen) atoms. The summed E-state index contributed by atoms with van der Waals surface area (Å²) in [4.78, 5) is 17.4. The molecule has 4 nitrogen and oxygen atoms in total. The number of hydrogen-bond donors (Lipinski definition) is 1. The lowest BCUT2D eigenvalue weighted by Gasteiger charge is -2.02. The summed E-state index contributed by atoms with van der Waals surface area (Å²) in [7, 11) is 0. The Labute approximate surface area is 127 Å². The van der Waals surface area contributed by atoms with E-state index in [-0.39, 0.29) is 5.91 Å². The zero-order valence-electron chi connectivity index (χ0n) is 11.9. The average Bonchev–Trinajstić information content (AvgIpc) is 3.07. The minimum absolute atomic E-state index is 0.0667. The molecular formula is C16H17N3OS. The number of thiophene rings is 1. The molecule has 0 spiro atoms. The van der Waals surface area contributed by atoms with Gasteiger partial charge in [-0.25, -0.2) is 4.98 Å². The van der Waals surface area contributed by atoms with Gasteiger partial charge in [0.15, 0.2) is 0 Å². The Morgan fingerprint density at radius 1 is 1.33 bits per heavy atom. The van der Waals surface area contributed by atoms with Crippen LogP contribution in [0.2, 0.25) is 0 Å². The number of aryl methyl sites for hydroxylation is 1. The van der Waals surface area contributed by atoms with E-state index in [9.17, 15) is 4.79 Å². The first-order valence-corrected chi connectivity index (χ1v) is 7.82. The van der Waals surface area contributed by atoms with Gasteiger partial charge in [-0.3, -0.25) is 4.79 Å². The zero-order chi connectivity index (χ0) is 14.7. The van der Waals surface area contributed by atoms with Crippen LogP contribution in [0.15, 0.2) is 42.0 Å². The van der Waals surface area contributed by atoms with Crippen LogP contribution in [0, 0.1) is 6.92 Å². The van der Waals surface area contributed by atoms with Crippen molar-refractivity contribution < 1.29 is 4.79 Å². The predicted octanol–water partition coefficient (Wildman–Crippen LogP) is 2.61. The fourth-order valence-corrected chi connectivity index (χ4v) is 2.94. The van der Waals surface area contributed by atoms with Crippen LogP contribution in [0.3, 0.4) is 0 Å². The third kappa shape index (κ3) is 3.49. The number of hydrogen-bond acceptors (Lipinski definition) is 3. The summed E-state index contributed by atoms with van der Waals surface area (Å²) in [6.07, 6.45) is 5.29. The first kappa shape index (κ1) is 13.8. The molecule has 0 saturated heterocycles. The van der Waals surface area contributed by atoms with Crippen molar-refractivity contribution in [1.29, 1.82) is 0 Å². The highest BCUT2D eigenvalue weighted by atomic mass is 32.1. The third-order valence-electron chi connectivity index (χ3n) is 3.27. The van der Waals surface area contributed by atoms with Crippen molar-refractivity contribution in [3.05, 3.63) is 58.2 Å². The van der Waals surface area contributed by atoms with E-state index in [0.29, 0.717) is 13.0 Å². The lowest BCUT2D eigenvalue weighted by atomic mass is 10.3. The van der Waals surface area contributed by atoms with Gasteiger partial charge >= 0.3 is 0 Å². The molecule has 1 N–H and O–H groups in total. The van der Waals surface area contributed by atoms with Crippen LogP contribution < -0.4 is 5.32 Å². The first-order chi connectivity index (χ1) is 10.2. The minimum Gasteiger partial charge on any atom is -0.355 e. The summed E-state index contributed by atoms with van der Waals surface area (Å²) in [5.41, 5.74) is 3.15. The number of imidazole rings is 1. The van der Waals surface area contributed by atoms with Gasteiger partial charge in [0.25, 0.3) is 0 Å². The molecule has 0 fully saturated rings. The van der Waals surface area contributed by atoms with Gasteiger partial charge in [-0.15, -0.1) is 11.3 Å². The van der Waals surface area contributed by atoms with Crippen molar-refractivity contribution in [2.24, 2.45) is 0 Å². The van der Waals surface area contributed by atoms with Crippen molar-refractivity contribution in [1.82, 2.24) is 14.7 Å². The quantitative estimate of drug-likeness (QED) is 0.787. The van der Waals surface area contributed by atoms with Gasteiger partial charge in [0.05, 0.1) is 12.1 Å². The molecule has 3 heterocycles. The number of aromatic nitrogens is 2. The maximum atomic E-state index is 11.8. The minimum atomic E-state index is 0.0667. The summed E-state index contributed by atoms with van der Waals surface area (Å²) in [6.45, 7) is 2.68. The Hall–Kier alpha value is -2.14. The number of rotatable bonds is 5. The highest BCUT2D eigenvalue weighted by molar-refractivity contribution is 7.10. The zero-order valence-corrected chi connectivity index (χ0v) is 12.7. The van der Waals surface area contributed by atoms with Gasteiger partial charge in [0.1, 0.15) is 5.65 Å². The van der Waals surface area contributed by atoms with Crippen LogP contribution in [0.5, 0.6) is 0 Å². The fourth-order valence-electron chi connectivity index (χ4n) is 2.24. The summed E-state index contributed by atoms with van der Waals surface area (Å²) in [6, 6.07) is 8.00. The largest absolute Gasteiger partial charge is 0.355 e. The summed E-state index contributed by atoms with van der Waals surface area (Å²) >= 11 is 1.61. The number of carbonyl (C=O) groups is 1. The third-order valence-corrected chi connectivity index (χ3v) is 4.14. The van der Waals surface area contributed by atoms with Crippen molar-refractivity contribution in [2.45, 2.75) is 19.8 Å². The van der Waals surface area contributed by atoms with E-state index in [2.05, 4.69) is 29.5 Å². The molecule has 0 unspecified atom stereocenters. The van der Waals surface area contributed by atoms with E-state index < -0.39 is 0 Å². The van der Waals surface area contributed by atoms with E-state index >= 15 is 0 Å². The SMILES string of the molecule is Cc1ccc2nc(CCNC(=O)Cc3cccs3)cn2c1. The molecule has 0 aliphatic heterocycles. The van der Waals surface area contributed by atoms with E-state index in [1.54, 1.807) is 11.3 Å². The number of fused-ring (bicyclic) bond motifs is 1. The molecule has 3 rings (SSSR count). The van der Waals surface area contributed by atoms with Crippen LogP contribution in [0.4, 0.5) is 0 Å². The Balaban J connectivity index is 1.53. The predicted molar refractivity (Wildman–Crippen MR) is 84.7 cm³/mol. The van der Waals surface area contributed by atoms with E-state index in [0.717, 1.165) is 22.6 Å². The second-order valence-electron chi connectivity index (χ2n) is 5.06. The van der Waals surface area contributed by atoms with Crippen molar-refractivity contribution >= 4 is 22.9 Å². The van der Waals surface area contributed by atoms with Crippen LogP contribution in [-0.2, 0) is 17.6 Å². The van der Waals surface area contributed by atoms with Crippen LogP contribution >= 0.6 is 11.3 Å². The molecule has 0 aromatic carbocycles. The Morgan fingerprint density at radius 3 is 3.05 bits per heavy atom. The summed E-state index contributed by atoms with van der Waals surface area (Å²) < 4.78 is 2.03. The van der Waals surface area contributed by atoms with Gasteiger partial charge < -0.3 is 9.72 Å². The molecular weight excluding hydrogens is 282 g/mol. The highest BCUT2D eigenvalue weighted by Gasteiger charge is 2.05. The summed E-state index contributed by atoms with van der Waals surface area (Å²) in [5.74, 6) is 0.0667. The maximum Gasteiger partial charge on any atom is 0.225 e. The number of carbonyl (C=O) groups excluding carboxylic acids is 1. The van der Waals surface area contributed by atoms with E-state index in [4.69, 9.17) is 0 Å². The fraction of sp³-hybridized carbons (Fsp3) is 0.250. The molecule has 5 heteroatoms. The average molecular weight is 299 g/mol. The normalized spacial score (nSPS) is 10.9. The molecule has 0 aliphatic carbocycles. The lowest BCUT2D eigenvalue weighted by molar-refractivity contribution is -0.120. The molecule has 3 aromatic rings. The number of nitrogens with one attached hydrogen (secondary N) is 1. The first-order valence-electron chi connectivity index (χ1n) is 6.94. The van der Waals surface area contributed by atoms with Crippen molar-refractivity contribution in [3.63, 3.8) is 0 Å². The second-order valence-corrected chi connectivity index (χ2v) is 6.09. The lowest BCUT2D eigenvalue weighted by Crippen LogP contribution is -2.27. The van der Waals surface area contributed by atoms with Crippen LogP contribution in [-0.4, -0.2) is 21.8 Å². The van der Waals surface area contributed by atoms with Gasteiger partial charge in [0.2, 0.25) is 5.91 Å².